The summed E-state index contributed by atoms with van der Waals surface area (Å²) in [5, 5.41) is 14.5. The molecule has 2 aromatic rings. The average Bonchev–Trinajstić information content (AvgIpc) is 2.42. The van der Waals surface area contributed by atoms with Crippen LogP contribution >= 0.6 is 0 Å². The number of carbonyl (C=O) groups excluding carboxylic acids is 1. The lowest BCUT2D eigenvalue weighted by Gasteiger charge is -2.08. The summed E-state index contributed by atoms with van der Waals surface area (Å²) in [6, 6.07) is 13.0. The summed E-state index contributed by atoms with van der Waals surface area (Å²) in [7, 11) is 0. The molecule has 0 radical (unpaired) electrons. The first kappa shape index (κ1) is 12.9. The van der Waals surface area contributed by atoms with Crippen LogP contribution in [0, 0.1) is 5.82 Å². The maximum Gasteiger partial charge on any atom is 0.243 e. The number of nitrogens with one attached hydrogen (secondary N) is 2. The molecule has 0 atom stereocenters. The number of halogens is 1. The van der Waals surface area contributed by atoms with E-state index in [0.717, 1.165) is 11.8 Å². The van der Waals surface area contributed by atoms with Crippen molar-refractivity contribution in [3.8, 4) is 5.75 Å². The van der Waals surface area contributed by atoms with E-state index in [-0.39, 0.29) is 12.5 Å². The molecule has 0 bridgehead atoms. The fourth-order valence-electron chi connectivity index (χ4n) is 1.53. The highest BCUT2D eigenvalue weighted by molar-refractivity contribution is 5.93. The van der Waals surface area contributed by atoms with E-state index in [1.165, 1.54) is 12.1 Å². The Balaban J connectivity index is 1.89. The molecule has 4 nitrogen and oxygen atoms in total. The smallest absolute Gasteiger partial charge is 0.243 e. The van der Waals surface area contributed by atoms with Crippen molar-refractivity contribution in [3.05, 3.63) is 54.3 Å². The van der Waals surface area contributed by atoms with Gasteiger partial charge in [0.2, 0.25) is 5.91 Å². The van der Waals surface area contributed by atoms with E-state index in [1.807, 2.05) is 30.3 Å². The van der Waals surface area contributed by atoms with Gasteiger partial charge in [0.25, 0.3) is 0 Å². The Kier molecular flexibility index (Phi) is 3.97. The Hall–Kier alpha value is -2.56. The Morgan fingerprint density at radius 2 is 1.84 bits per heavy atom. The molecule has 5 heteroatoms. The molecule has 0 aliphatic heterocycles. The number of para-hydroxylation sites is 1. The number of phenols is 1. The summed E-state index contributed by atoms with van der Waals surface area (Å²) in [6.45, 7) is 0.0759. The minimum atomic E-state index is -0.770. The molecule has 2 aromatic carbocycles. The molecule has 0 aliphatic rings. The quantitative estimate of drug-likeness (QED) is 0.740. The Morgan fingerprint density at radius 1 is 1.11 bits per heavy atom. The molecule has 98 valence electrons. The van der Waals surface area contributed by atoms with Gasteiger partial charge < -0.3 is 15.7 Å². The summed E-state index contributed by atoms with van der Waals surface area (Å²) in [4.78, 5) is 11.6. The van der Waals surface area contributed by atoms with E-state index >= 15 is 0 Å². The lowest BCUT2D eigenvalue weighted by molar-refractivity contribution is -0.114. The number of aromatic hydroxyl groups is 1. The molecule has 2 rings (SSSR count). The van der Waals surface area contributed by atoms with E-state index in [4.69, 9.17) is 5.11 Å². The molecule has 0 unspecified atom stereocenters. The number of phenolic OH excluding ortho intramolecular Hbond substituents is 1. The number of anilines is 2. The maximum absolute atomic E-state index is 13.1. The third kappa shape index (κ3) is 3.70. The number of hydrogen-bond acceptors (Lipinski definition) is 3. The van der Waals surface area contributed by atoms with Crippen LogP contribution in [0.3, 0.4) is 0 Å². The van der Waals surface area contributed by atoms with Gasteiger partial charge in [-0.2, -0.15) is 0 Å². The molecule has 0 aromatic heterocycles. The van der Waals surface area contributed by atoms with Gasteiger partial charge in [0.15, 0.2) is 11.6 Å². The van der Waals surface area contributed by atoms with Crippen molar-refractivity contribution in [2.45, 2.75) is 0 Å². The van der Waals surface area contributed by atoms with E-state index in [1.54, 1.807) is 0 Å². The van der Waals surface area contributed by atoms with Crippen LogP contribution in [0.4, 0.5) is 15.8 Å². The molecular formula is C14H13FN2O2. The molecule has 1 amide bonds. The maximum atomic E-state index is 13.1. The summed E-state index contributed by atoms with van der Waals surface area (Å²) in [5.41, 5.74) is 1.13. The summed E-state index contributed by atoms with van der Waals surface area (Å²) >= 11 is 0. The van der Waals surface area contributed by atoms with E-state index in [0.29, 0.717) is 5.69 Å². The van der Waals surface area contributed by atoms with E-state index in [9.17, 15) is 9.18 Å². The van der Waals surface area contributed by atoms with Gasteiger partial charge in [-0.05, 0) is 24.3 Å². The van der Waals surface area contributed by atoms with Gasteiger partial charge in [-0.1, -0.05) is 18.2 Å². The van der Waals surface area contributed by atoms with Gasteiger partial charge in [-0.25, -0.2) is 4.39 Å². The molecule has 0 saturated carbocycles. The normalized spacial score (nSPS) is 9.95. The first-order valence-corrected chi connectivity index (χ1v) is 5.72. The number of benzene rings is 2. The van der Waals surface area contributed by atoms with Crippen molar-refractivity contribution in [2.24, 2.45) is 0 Å². The van der Waals surface area contributed by atoms with Gasteiger partial charge in [-0.15, -0.1) is 0 Å². The lowest BCUT2D eigenvalue weighted by Crippen LogP contribution is -2.21. The first-order valence-electron chi connectivity index (χ1n) is 5.72. The lowest BCUT2D eigenvalue weighted by atomic mass is 10.3. The summed E-state index contributed by atoms with van der Waals surface area (Å²) in [6.07, 6.45) is 0. The van der Waals surface area contributed by atoms with Crippen LogP contribution in [0.1, 0.15) is 0 Å². The van der Waals surface area contributed by atoms with Crippen LogP contribution in [0.25, 0.3) is 0 Å². The number of hydrogen-bond donors (Lipinski definition) is 3. The van der Waals surface area contributed by atoms with Crippen LogP contribution in [-0.2, 0) is 4.79 Å². The van der Waals surface area contributed by atoms with Crippen LogP contribution in [0.2, 0.25) is 0 Å². The number of carbonyl (C=O) groups is 1. The SMILES string of the molecule is O=C(CNc1ccccc1)Nc1ccc(O)c(F)c1. The third-order valence-electron chi connectivity index (χ3n) is 2.46. The highest BCUT2D eigenvalue weighted by atomic mass is 19.1. The van der Waals surface area contributed by atoms with Crippen molar-refractivity contribution in [1.29, 1.82) is 0 Å². The summed E-state index contributed by atoms with van der Waals surface area (Å²) in [5.74, 6) is -1.51. The predicted molar refractivity (Wildman–Crippen MR) is 71.6 cm³/mol. The van der Waals surface area contributed by atoms with Gasteiger partial charge in [0.05, 0.1) is 6.54 Å². The Morgan fingerprint density at radius 3 is 2.53 bits per heavy atom. The minimum Gasteiger partial charge on any atom is -0.505 e. The molecule has 19 heavy (non-hydrogen) atoms. The van der Waals surface area contributed by atoms with Gasteiger partial charge >= 0.3 is 0 Å². The fraction of sp³-hybridized carbons (Fsp3) is 0.0714. The topological polar surface area (TPSA) is 61.4 Å². The zero-order chi connectivity index (χ0) is 13.7. The fourth-order valence-corrected chi connectivity index (χ4v) is 1.53. The van der Waals surface area contributed by atoms with Gasteiger partial charge in [0, 0.05) is 17.4 Å². The predicted octanol–water partition coefficient (Wildman–Crippen LogP) is 2.58. The van der Waals surface area contributed by atoms with E-state index in [2.05, 4.69) is 10.6 Å². The molecule has 3 N–H and O–H groups in total. The molecule has 0 saturated heterocycles. The van der Waals surface area contributed by atoms with Crippen LogP contribution in [-0.4, -0.2) is 17.6 Å². The molecule has 0 fully saturated rings. The highest BCUT2D eigenvalue weighted by Gasteiger charge is 2.05. The standard InChI is InChI=1S/C14H13FN2O2/c15-12-8-11(6-7-13(12)18)17-14(19)9-16-10-4-2-1-3-5-10/h1-8,16,18H,9H2,(H,17,19). The molecular weight excluding hydrogens is 247 g/mol. The Bertz CT molecular complexity index is 573. The second-order valence-electron chi connectivity index (χ2n) is 3.93. The number of rotatable bonds is 4. The monoisotopic (exact) mass is 260 g/mol. The Labute approximate surface area is 109 Å². The van der Waals surface area contributed by atoms with Gasteiger partial charge in [0.1, 0.15) is 0 Å². The van der Waals surface area contributed by atoms with Gasteiger partial charge in [-0.3, -0.25) is 4.79 Å². The molecule has 0 heterocycles. The van der Waals surface area contributed by atoms with Crippen LogP contribution in [0.15, 0.2) is 48.5 Å². The zero-order valence-electron chi connectivity index (χ0n) is 10.1. The third-order valence-corrected chi connectivity index (χ3v) is 2.46. The van der Waals surface area contributed by atoms with Crippen molar-refractivity contribution >= 4 is 17.3 Å². The van der Waals surface area contributed by atoms with E-state index < -0.39 is 11.6 Å². The molecule has 0 aliphatic carbocycles. The van der Waals surface area contributed by atoms with Crippen molar-refractivity contribution < 1.29 is 14.3 Å². The highest BCUT2D eigenvalue weighted by Crippen LogP contribution is 2.19. The van der Waals surface area contributed by atoms with Crippen LogP contribution in [0.5, 0.6) is 5.75 Å². The second kappa shape index (κ2) is 5.86. The van der Waals surface area contributed by atoms with Crippen LogP contribution < -0.4 is 10.6 Å². The largest absolute Gasteiger partial charge is 0.505 e. The minimum absolute atomic E-state index is 0.0759. The summed E-state index contributed by atoms with van der Waals surface area (Å²) < 4.78 is 13.1. The molecule has 0 spiro atoms. The first-order chi connectivity index (χ1) is 9.15. The second-order valence-corrected chi connectivity index (χ2v) is 3.93. The number of amides is 1. The average molecular weight is 260 g/mol. The van der Waals surface area contributed by atoms with Crippen molar-refractivity contribution in [2.75, 3.05) is 17.2 Å². The van der Waals surface area contributed by atoms with Crippen molar-refractivity contribution in [1.82, 2.24) is 0 Å². The van der Waals surface area contributed by atoms with Crippen molar-refractivity contribution in [3.63, 3.8) is 0 Å². The zero-order valence-corrected chi connectivity index (χ0v) is 10.1.